The lowest BCUT2D eigenvalue weighted by Gasteiger charge is -2.28. The Morgan fingerprint density at radius 3 is 2.65 bits per heavy atom. The normalized spacial score (nSPS) is 18.4. The highest BCUT2D eigenvalue weighted by Gasteiger charge is 2.21. The lowest BCUT2D eigenvalue weighted by atomic mass is 9.81. The minimum atomic E-state index is 0.651. The van der Waals surface area contributed by atoms with Gasteiger partial charge in [0, 0.05) is 11.9 Å². The molecule has 5 nitrogen and oxygen atoms in total. The number of nitrogens with one attached hydrogen (secondary N) is 1. The number of hydrogen-bond donors (Lipinski definition) is 2. The molecule has 5 heteroatoms. The molecule has 34 heavy (non-hydrogen) atoms. The minimum absolute atomic E-state index is 0.651. The van der Waals surface area contributed by atoms with Gasteiger partial charge in [-0.25, -0.2) is 9.97 Å². The zero-order valence-corrected chi connectivity index (χ0v) is 20.4. The number of ether oxygens (including phenoxy) is 1. The van der Waals surface area contributed by atoms with Crippen molar-refractivity contribution in [2.75, 3.05) is 25.0 Å². The maximum atomic E-state index is 5.93. The van der Waals surface area contributed by atoms with Crippen molar-refractivity contribution in [2.45, 2.75) is 51.9 Å². The second-order valence-electron chi connectivity index (χ2n) is 9.42. The molecule has 0 amide bonds. The first-order chi connectivity index (χ1) is 16.7. The summed E-state index contributed by atoms with van der Waals surface area (Å²) in [5, 5.41) is 4.70. The smallest absolute Gasteiger partial charge is 0.154 e. The predicted octanol–water partition coefficient (Wildman–Crippen LogP) is 6.55. The van der Waals surface area contributed by atoms with Crippen LogP contribution in [0.3, 0.4) is 0 Å². The maximum absolute atomic E-state index is 5.93. The van der Waals surface area contributed by atoms with Gasteiger partial charge in [-0.3, -0.25) is 0 Å². The first kappa shape index (κ1) is 24.2. The Hall–Kier alpha value is -2.92. The van der Waals surface area contributed by atoms with E-state index in [4.69, 9.17) is 20.4 Å². The third kappa shape index (κ3) is 6.80. The van der Waals surface area contributed by atoms with Crippen LogP contribution in [0.2, 0.25) is 0 Å². The molecule has 4 rings (SSSR count). The van der Waals surface area contributed by atoms with Gasteiger partial charge in [-0.05, 0) is 80.0 Å². The first-order valence-electron chi connectivity index (χ1n) is 12.9. The molecule has 0 radical (unpaired) electrons. The number of aromatic nitrogens is 2. The number of anilines is 1. The lowest BCUT2D eigenvalue weighted by molar-refractivity contribution is 0.281. The molecule has 2 atom stereocenters. The summed E-state index contributed by atoms with van der Waals surface area (Å²) in [6.07, 6.45) is 12.6. The van der Waals surface area contributed by atoms with Crippen LogP contribution in [0.4, 0.5) is 5.82 Å². The van der Waals surface area contributed by atoms with Gasteiger partial charge in [0.2, 0.25) is 0 Å². The fraction of sp³-hybridized carbons (Fsp3) is 0.448. The minimum Gasteiger partial charge on any atom is -0.494 e. The molecule has 0 bridgehead atoms. The van der Waals surface area contributed by atoms with Crippen molar-refractivity contribution < 1.29 is 4.74 Å². The van der Waals surface area contributed by atoms with Crippen LogP contribution in [0.15, 0.2) is 48.5 Å². The Kier molecular flexibility index (Phi) is 8.91. The Morgan fingerprint density at radius 2 is 1.82 bits per heavy atom. The summed E-state index contributed by atoms with van der Waals surface area (Å²) in [6, 6.07) is 16.4. The van der Waals surface area contributed by atoms with Crippen molar-refractivity contribution in [3.63, 3.8) is 0 Å². The third-order valence-corrected chi connectivity index (χ3v) is 6.73. The molecule has 0 spiro atoms. The lowest BCUT2D eigenvalue weighted by Crippen LogP contribution is -2.26. The number of benzene rings is 2. The summed E-state index contributed by atoms with van der Waals surface area (Å²) in [5.41, 5.74) is 7.99. The molecule has 1 aliphatic carbocycles. The number of nitrogens with two attached hydrogens (primary N) is 1. The van der Waals surface area contributed by atoms with E-state index in [0.717, 1.165) is 54.2 Å². The summed E-state index contributed by atoms with van der Waals surface area (Å²) in [7, 11) is 0. The summed E-state index contributed by atoms with van der Waals surface area (Å²) in [4.78, 5) is 9.62. The number of hydrogen-bond acceptors (Lipinski definition) is 5. The Balaban J connectivity index is 1.43. The molecule has 3 N–H and O–H groups in total. The molecule has 1 fully saturated rings. The Morgan fingerprint density at radius 1 is 1.00 bits per heavy atom. The second kappa shape index (κ2) is 12.5. The zero-order valence-electron chi connectivity index (χ0n) is 20.4. The summed E-state index contributed by atoms with van der Waals surface area (Å²) < 4.78 is 5.82. The van der Waals surface area contributed by atoms with Crippen molar-refractivity contribution in [3.8, 4) is 5.75 Å². The number of nitrogens with zero attached hydrogens (tertiary/aromatic N) is 2. The molecule has 2 aromatic carbocycles. The average molecular weight is 459 g/mol. The van der Waals surface area contributed by atoms with Crippen LogP contribution in [-0.2, 0) is 0 Å². The van der Waals surface area contributed by atoms with Gasteiger partial charge >= 0.3 is 0 Å². The van der Waals surface area contributed by atoms with Crippen molar-refractivity contribution in [1.29, 1.82) is 0 Å². The Labute approximate surface area is 203 Å². The number of fused-ring (bicyclic) bond motifs is 1. The predicted molar refractivity (Wildman–Crippen MR) is 143 cm³/mol. The monoisotopic (exact) mass is 458 g/mol. The highest BCUT2D eigenvalue weighted by molar-refractivity contribution is 5.90. The van der Waals surface area contributed by atoms with Gasteiger partial charge in [0.1, 0.15) is 11.6 Å². The molecule has 1 aromatic heterocycles. The van der Waals surface area contributed by atoms with Crippen molar-refractivity contribution >= 4 is 28.9 Å². The van der Waals surface area contributed by atoms with E-state index in [0.29, 0.717) is 17.7 Å². The molecule has 0 saturated heterocycles. The van der Waals surface area contributed by atoms with Crippen LogP contribution < -0.4 is 15.8 Å². The van der Waals surface area contributed by atoms with Crippen LogP contribution in [0.5, 0.6) is 5.75 Å². The van der Waals surface area contributed by atoms with Gasteiger partial charge in [0.05, 0.1) is 12.1 Å². The van der Waals surface area contributed by atoms with Gasteiger partial charge in [-0.1, -0.05) is 56.5 Å². The van der Waals surface area contributed by atoms with Crippen LogP contribution >= 0.6 is 0 Å². The van der Waals surface area contributed by atoms with Crippen molar-refractivity contribution in [2.24, 2.45) is 17.6 Å². The van der Waals surface area contributed by atoms with Crippen LogP contribution in [-0.4, -0.2) is 29.7 Å². The summed E-state index contributed by atoms with van der Waals surface area (Å²) in [6.45, 7) is 4.71. The first-order valence-corrected chi connectivity index (χ1v) is 12.9. The molecule has 180 valence electrons. The van der Waals surface area contributed by atoms with Gasteiger partial charge < -0.3 is 15.8 Å². The van der Waals surface area contributed by atoms with Gasteiger partial charge in [-0.15, -0.1) is 0 Å². The van der Waals surface area contributed by atoms with E-state index < -0.39 is 0 Å². The van der Waals surface area contributed by atoms with Gasteiger partial charge in [0.25, 0.3) is 0 Å². The largest absolute Gasteiger partial charge is 0.494 e. The van der Waals surface area contributed by atoms with Crippen molar-refractivity contribution in [1.82, 2.24) is 9.97 Å². The highest BCUT2D eigenvalue weighted by atomic mass is 16.5. The molecular weight excluding hydrogens is 420 g/mol. The van der Waals surface area contributed by atoms with Gasteiger partial charge in [-0.2, -0.15) is 0 Å². The summed E-state index contributed by atoms with van der Waals surface area (Å²) >= 11 is 0. The topological polar surface area (TPSA) is 73.1 Å². The maximum Gasteiger partial charge on any atom is 0.154 e. The van der Waals surface area contributed by atoms with E-state index in [1.165, 1.54) is 38.5 Å². The molecule has 1 saturated carbocycles. The molecule has 3 aromatic rings. The zero-order chi connectivity index (χ0) is 23.6. The van der Waals surface area contributed by atoms with E-state index in [2.05, 4.69) is 42.6 Å². The van der Waals surface area contributed by atoms with Crippen molar-refractivity contribution in [3.05, 3.63) is 59.9 Å². The van der Waals surface area contributed by atoms with Crippen LogP contribution in [0.1, 0.15) is 63.3 Å². The summed E-state index contributed by atoms with van der Waals surface area (Å²) in [5.74, 6) is 3.86. The molecular formula is C29H38N4O. The molecule has 0 aliphatic heterocycles. The molecule has 1 heterocycles. The number of unbranched alkanes of at least 4 members (excludes halogenated alkanes) is 2. The quantitative estimate of drug-likeness (QED) is 0.319. The molecule has 2 unspecified atom stereocenters. The molecule has 1 aliphatic rings. The van der Waals surface area contributed by atoms with E-state index >= 15 is 0 Å². The SMILES string of the molecule is CCCCCOc1ccc(C=Cc2nc(NCC3CCCC(CN)C3)c3ccccc3n2)cc1. The fourth-order valence-electron chi connectivity index (χ4n) is 4.73. The van der Waals surface area contributed by atoms with E-state index in [1.807, 2.05) is 30.3 Å². The highest BCUT2D eigenvalue weighted by Crippen LogP contribution is 2.29. The third-order valence-electron chi connectivity index (χ3n) is 6.73. The average Bonchev–Trinajstić information content (AvgIpc) is 2.89. The fourth-order valence-corrected chi connectivity index (χ4v) is 4.73. The van der Waals surface area contributed by atoms with E-state index in [-0.39, 0.29) is 0 Å². The number of para-hydroxylation sites is 1. The van der Waals surface area contributed by atoms with Crippen LogP contribution in [0.25, 0.3) is 23.1 Å². The van der Waals surface area contributed by atoms with E-state index in [1.54, 1.807) is 0 Å². The second-order valence-corrected chi connectivity index (χ2v) is 9.42. The van der Waals surface area contributed by atoms with Crippen LogP contribution in [0, 0.1) is 11.8 Å². The van der Waals surface area contributed by atoms with E-state index in [9.17, 15) is 0 Å². The number of rotatable bonds is 11. The Bertz CT molecular complexity index is 1060. The standard InChI is InChI=1S/C29H38N4O/c1-2-3-6-18-34-25-15-12-22(13-16-25)14-17-28-32-27-11-5-4-10-26(27)29(33-28)31-21-24-9-7-8-23(19-24)20-30/h4-5,10-17,23-24H,2-3,6-9,18-21,30H2,1H3,(H,31,32,33). The van der Waals surface area contributed by atoms with Gasteiger partial charge in [0.15, 0.2) is 5.82 Å².